The van der Waals surface area contributed by atoms with Crippen LogP contribution in [0.15, 0.2) is 36.4 Å². The number of methoxy groups -OCH3 is 1. The van der Waals surface area contributed by atoms with Crippen LogP contribution >= 0.6 is 0 Å². The van der Waals surface area contributed by atoms with Gasteiger partial charge in [0, 0.05) is 44.9 Å². The van der Waals surface area contributed by atoms with E-state index in [1.165, 1.54) is 4.90 Å². The van der Waals surface area contributed by atoms with Gasteiger partial charge in [-0.25, -0.2) is 9.59 Å². The van der Waals surface area contributed by atoms with Crippen molar-refractivity contribution in [3.63, 3.8) is 0 Å². The highest BCUT2D eigenvalue weighted by Crippen LogP contribution is 2.38. The number of likely N-dealkylation sites (tertiary alicyclic amines) is 1. The summed E-state index contributed by atoms with van der Waals surface area (Å²) in [5.41, 5.74) is 1.13. The summed E-state index contributed by atoms with van der Waals surface area (Å²) in [6, 6.07) is 8.10. The number of imide groups is 1. The molecule has 0 aromatic heterocycles. The number of rotatable bonds is 8. The lowest BCUT2D eigenvalue weighted by Gasteiger charge is -2.36. The van der Waals surface area contributed by atoms with Crippen molar-refractivity contribution in [1.29, 1.82) is 0 Å². The smallest absolute Gasteiger partial charge is 0.328 e. The summed E-state index contributed by atoms with van der Waals surface area (Å²) in [5, 5.41) is 25.5. The van der Waals surface area contributed by atoms with Crippen LogP contribution in [-0.4, -0.2) is 101 Å². The van der Waals surface area contributed by atoms with Crippen LogP contribution in [0, 0.1) is 11.8 Å². The third kappa shape index (κ3) is 7.53. The van der Waals surface area contributed by atoms with Crippen LogP contribution in [0.5, 0.6) is 5.75 Å². The summed E-state index contributed by atoms with van der Waals surface area (Å²) >= 11 is 0. The molecule has 11 heteroatoms. The maximum absolute atomic E-state index is 12.6. The van der Waals surface area contributed by atoms with Crippen LogP contribution in [0.4, 0.5) is 5.69 Å². The Labute approximate surface area is 215 Å². The summed E-state index contributed by atoms with van der Waals surface area (Å²) in [6.45, 7) is 5.16. The maximum atomic E-state index is 12.6. The van der Waals surface area contributed by atoms with Gasteiger partial charge in [0.15, 0.2) is 0 Å². The number of para-hydroxylation sites is 2. The van der Waals surface area contributed by atoms with Crippen LogP contribution in [-0.2, 0) is 19.2 Å². The summed E-state index contributed by atoms with van der Waals surface area (Å²) in [7, 11) is 1.70. The number of piperazine rings is 1. The van der Waals surface area contributed by atoms with Crippen LogP contribution in [0.25, 0.3) is 0 Å². The minimum absolute atomic E-state index is 0.0205. The van der Waals surface area contributed by atoms with Crippen molar-refractivity contribution < 1.29 is 39.2 Å². The molecule has 1 aromatic rings. The second-order valence-electron chi connectivity index (χ2n) is 9.37. The first kappa shape index (κ1) is 28.1. The standard InChI is InChI=1S/C22H31N3O4.C4H4O4/c1-29-20-6-3-2-5-19(20)24-13-11-23(12-14-24)9-4-10-25-21(27)17-8-7-16(26)15-18(17)22(25)28;5-3(6)1-2-4(7)8/h2-3,5-6,16-18,26H,4,7-15H2,1H3;1-2H,(H,5,6)(H,7,8)/b;2-1-. The first-order valence-corrected chi connectivity index (χ1v) is 12.5. The fraction of sp³-hybridized carbons (Fsp3) is 0.538. The van der Waals surface area contributed by atoms with Gasteiger partial charge in [-0.15, -0.1) is 0 Å². The number of nitrogens with zero attached hydrogens (tertiary/aromatic N) is 3. The van der Waals surface area contributed by atoms with E-state index in [0.717, 1.165) is 50.6 Å². The number of aliphatic hydroxyl groups excluding tert-OH is 1. The molecule has 3 aliphatic rings. The number of amides is 2. The normalized spacial score (nSPS) is 24.0. The molecule has 2 heterocycles. The van der Waals surface area contributed by atoms with Gasteiger partial charge in [-0.1, -0.05) is 12.1 Å². The third-order valence-corrected chi connectivity index (χ3v) is 7.01. The van der Waals surface area contributed by atoms with Crippen molar-refractivity contribution in [1.82, 2.24) is 9.80 Å². The number of carbonyl (C=O) groups excluding carboxylic acids is 2. The molecule has 4 rings (SSSR count). The topological polar surface area (TPSA) is 148 Å². The number of aliphatic hydroxyl groups is 1. The van der Waals surface area contributed by atoms with Gasteiger partial charge in [0.2, 0.25) is 11.8 Å². The zero-order valence-corrected chi connectivity index (χ0v) is 21.0. The fourth-order valence-corrected chi connectivity index (χ4v) is 5.14. The Morgan fingerprint density at radius 2 is 1.57 bits per heavy atom. The first-order chi connectivity index (χ1) is 17.7. The van der Waals surface area contributed by atoms with Gasteiger partial charge in [0.25, 0.3) is 0 Å². The average Bonchev–Trinajstić information content (AvgIpc) is 3.12. The van der Waals surface area contributed by atoms with Crippen LogP contribution in [0.1, 0.15) is 25.7 Å². The molecule has 3 N–H and O–H groups in total. The van der Waals surface area contributed by atoms with Gasteiger partial charge >= 0.3 is 11.9 Å². The van der Waals surface area contributed by atoms with Crippen LogP contribution in [0.3, 0.4) is 0 Å². The lowest BCUT2D eigenvalue weighted by Crippen LogP contribution is -2.47. The van der Waals surface area contributed by atoms with E-state index in [1.54, 1.807) is 7.11 Å². The summed E-state index contributed by atoms with van der Waals surface area (Å²) in [4.78, 5) is 50.5. The average molecular weight is 518 g/mol. The number of anilines is 1. The molecule has 3 atom stereocenters. The fourth-order valence-electron chi connectivity index (χ4n) is 5.14. The number of benzene rings is 1. The SMILES string of the molecule is COc1ccccc1N1CCN(CCCN2C(=O)C3CCC(O)CC3C2=O)CC1.O=C(O)/C=C\C(=O)O. The van der Waals surface area contributed by atoms with Gasteiger partial charge in [0.1, 0.15) is 5.75 Å². The number of ether oxygens (including phenoxy) is 1. The Morgan fingerprint density at radius 3 is 2.19 bits per heavy atom. The molecular weight excluding hydrogens is 482 g/mol. The molecule has 202 valence electrons. The number of hydrogen-bond acceptors (Lipinski definition) is 8. The minimum atomic E-state index is -1.26. The molecule has 0 bridgehead atoms. The second-order valence-corrected chi connectivity index (χ2v) is 9.37. The highest BCUT2D eigenvalue weighted by atomic mass is 16.5. The highest BCUT2D eigenvalue weighted by molar-refractivity contribution is 6.05. The zero-order chi connectivity index (χ0) is 26.9. The summed E-state index contributed by atoms with van der Waals surface area (Å²) in [5.74, 6) is -2.20. The van der Waals surface area contributed by atoms with E-state index in [2.05, 4.69) is 15.9 Å². The van der Waals surface area contributed by atoms with E-state index < -0.39 is 18.0 Å². The van der Waals surface area contributed by atoms with Gasteiger partial charge in [-0.3, -0.25) is 19.4 Å². The van der Waals surface area contributed by atoms with Crippen LogP contribution in [0.2, 0.25) is 0 Å². The van der Waals surface area contributed by atoms with Crippen molar-refractivity contribution in [2.45, 2.75) is 31.8 Å². The first-order valence-electron chi connectivity index (χ1n) is 12.5. The van der Waals surface area contributed by atoms with Gasteiger partial charge in [0.05, 0.1) is 30.7 Å². The molecule has 2 saturated heterocycles. The molecule has 37 heavy (non-hydrogen) atoms. The molecule has 3 fully saturated rings. The van der Waals surface area contributed by atoms with E-state index in [-0.39, 0.29) is 23.7 Å². The van der Waals surface area contributed by atoms with Crippen molar-refractivity contribution in [2.75, 3.05) is 51.3 Å². The van der Waals surface area contributed by atoms with Gasteiger partial charge < -0.3 is 25.0 Å². The van der Waals surface area contributed by atoms with E-state index in [4.69, 9.17) is 14.9 Å². The number of carbonyl (C=O) groups is 4. The molecule has 1 aliphatic carbocycles. The Kier molecular flexibility index (Phi) is 10.0. The second kappa shape index (κ2) is 13.2. The summed E-state index contributed by atoms with van der Waals surface area (Å²) < 4.78 is 5.47. The molecule has 1 aromatic carbocycles. The minimum Gasteiger partial charge on any atom is -0.495 e. The Hall–Kier alpha value is -3.44. The van der Waals surface area contributed by atoms with Crippen molar-refractivity contribution in [3.05, 3.63) is 36.4 Å². The Bertz CT molecular complexity index is 989. The third-order valence-electron chi connectivity index (χ3n) is 7.01. The zero-order valence-electron chi connectivity index (χ0n) is 21.0. The van der Waals surface area contributed by atoms with Gasteiger partial charge in [-0.2, -0.15) is 0 Å². The van der Waals surface area contributed by atoms with Crippen molar-refractivity contribution in [3.8, 4) is 5.75 Å². The Balaban J connectivity index is 0.000000414. The molecule has 0 spiro atoms. The van der Waals surface area contributed by atoms with Gasteiger partial charge in [-0.05, 0) is 44.4 Å². The summed E-state index contributed by atoms with van der Waals surface area (Å²) in [6.07, 6.45) is 3.19. The predicted octanol–water partition coefficient (Wildman–Crippen LogP) is 1.07. The monoisotopic (exact) mass is 517 g/mol. The van der Waals surface area contributed by atoms with E-state index in [9.17, 15) is 24.3 Å². The molecule has 1 saturated carbocycles. The molecule has 2 amide bonds. The molecular formula is C26H35N3O8. The quantitative estimate of drug-likeness (QED) is 0.338. The molecule has 0 radical (unpaired) electrons. The largest absolute Gasteiger partial charge is 0.495 e. The molecule has 3 unspecified atom stereocenters. The maximum Gasteiger partial charge on any atom is 0.328 e. The van der Waals surface area contributed by atoms with E-state index in [0.29, 0.717) is 38.0 Å². The van der Waals surface area contributed by atoms with Crippen LogP contribution < -0.4 is 9.64 Å². The molecule has 11 nitrogen and oxygen atoms in total. The lowest BCUT2D eigenvalue weighted by atomic mass is 9.80. The Morgan fingerprint density at radius 1 is 0.946 bits per heavy atom. The number of carboxylic acids is 2. The number of hydrogen-bond donors (Lipinski definition) is 3. The number of carboxylic acid groups (broad SMARTS) is 2. The van der Waals surface area contributed by atoms with E-state index >= 15 is 0 Å². The number of aliphatic carboxylic acids is 2. The van der Waals surface area contributed by atoms with E-state index in [1.807, 2.05) is 18.2 Å². The lowest BCUT2D eigenvalue weighted by molar-refractivity contribution is -0.140. The molecule has 2 aliphatic heterocycles. The number of fused-ring (bicyclic) bond motifs is 1. The highest BCUT2D eigenvalue weighted by Gasteiger charge is 2.49. The van der Waals surface area contributed by atoms with Crippen molar-refractivity contribution >= 4 is 29.4 Å². The predicted molar refractivity (Wildman–Crippen MR) is 134 cm³/mol. The van der Waals surface area contributed by atoms with Crippen molar-refractivity contribution in [2.24, 2.45) is 11.8 Å².